The average Bonchev–Trinajstić information content (AvgIpc) is 2.39. The molecule has 0 saturated heterocycles. The highest BCUT2D eigenvalue weighted by atomic mass is 35.5. The van der Waals surface area contributed by atoms with E-state index < -0.39 is 11.0 Å². The van der Waals surface area contributed by atoms with E-state index >= 15 is 0 Å². The maximum Gasteiger partial charge on any atom is 0.269 e. The van der Waals surface area contributed by atoms with E-state index in [2.05, 4.69) is 0 Å². The minimum Gasteiger partial charge on any atom is -0.388 e. The Balaban J connectivity index is 2.14. The molecular formula is C14H11Cl2NO3. The van der Waals surface area contributed by atoms with E-state index in [4.69, 9.17) is 23.2 Å². The van der Waals surface area contributed by atoms with Crippen LogP contribution in [0.5, 0.6) is 0 Å². The Kier molecular flexibility index (Phi) is 4.60. The fourth-order valence-electron chi connectivity index (χ4n) is 1.86. The van der Waals surface area contributed by atoms with Crippen molar-refractivity contribution in [1.82, 2.24) is 0 Å². The molecule has 0 aliphatic rings. The predicted octanol–water partition coefficient (Wildman–Crippen LogP) is 4.18. The molecule has 1 unspecified atom stereocenters. The van der Waals surface area contributed by atoms with E-state index in [9.17, 15) is 15.2 Å². The van der Waals surface area contributed by atoms with Crippen LogP contribution in [0.25, 0.3) is 0 Å². The number of hydrogen-bond acceptors (Lipinski definition) is 3. The van der Waals surface area contributed by atoms with Gasteiger partial charge in [-0.1, -0.05) is 41.4 Å². The molecule has 1 atom stereocenters. The molecule has 0 bridgehead atoms. The summed E-state index contributed by atoms with van der Waals surface area (Å²) in [4.78, 5) is 10.1. The van der Waals surface area contributed by atoms with Crippen LogP contribution in [0.2, 0.25) is 10.0 Å². The third kappa shape index (κ3) is 3.48. The van der Waals surface area contributed by atoms with Crippen LogP contribution in [0.3, 0.4) is 0 Å². The highest BCUT2D eigenvalue weighted by molar-refractivity contribution is 6.35. The van der Waals surface area contributed by atoms with Gasteiger partial charge in [-0.05, 0) is 23.3 Å². The van der Waals surface area contributed by atoms with E-state index in [-0.39, 0.29) is 5.69 Å². The van der Waals surface area contributed by atoms with E-state index in [0.29, 0.717) is 22.0 Å². The van der Waals surface area contributed by atoms with Gasteiger partial charge >= 0.3 is 0 Å². The lowest BCUT2D eigenvalue weighted by Gasteiger charge is -2.13. The van der Waals surface area contributed by atoms with E-state index in [1.54, 1.807) is 30.3 Å². The van der Waals surface area contributed by atoms with E-state index in [1.807, 2.05) is 0 Å². The lowest BCUT2D eigenvalue weighted by Crippen LogP contribution is -2.02. The molecule has 20 heavy (non-hydrogen) atoms. The van der Waals surface area contributed by atoms with E-state index in [1.165, 1.54) is 12.1 Å². The number of nitrogens with zero attached hydrogens (tertiary/aromatic N) is 1. The van der Waals surface area contributed by atoms with Gasteiger partial charge < -0.3 is 5.11 Å². The van der Waals surface area contributed by atoms with Crippen LogP contribution in [0.4, 0.5) is 5.69 Å². The van der Waals surface area contributed by atoms with Crippen LogP contribution in [-0.2, 0) is 6.42 Å². The van der Waals surface area contributed by atoms with Crippen molar-refractivity contribution in [3.05, 3.63) is 73.8 Å². The number of nitro benzene ring substituents is 1. The molecule has 104 valence electrons. The van der Waals surface area contributed by atoms with Gasteiger partial charge in [-0.3, -0.25) is 10.1 Å². The molecular weight excluding hydrogens is 301 g/mol. The van der Waals surface area contributed by atoms with Crippen LogP contribution in [0, 0.1) is 10.1 Å². The quantitative estimate of drug-likeness (QED) is 0.680. The summed E-state index contributed by atoms with van der Waals surface area (Å²) in [6.45, 7) is 0. The van der Waals surface area contributed by atoms with Crippen molar-refractivity contribution in [2.45, 2.75) is 12.5 Å². The number of nitro groups is 1. The fourth-order valence-corrected chi connectivity index (χ4v) is 2.39. The molecule has 0 saturated carbocycles. The van der Waals surface area contributed by atoms with Gasteiger partial charge in [0.05, 0.1) is 11.0 Å². The zero-order valence-electron chi connectivity index (χ0n) is 10.3. The Morgan fingerprint density at radius 2 is 1.80 bits per heavy atom. The van der Waals surface area contributed by atoms with Gasteiger partial charge in [-0.25, -0.2) is 0 Å². The highest BCUT2D eigenvalue weighted by Gasteiger charge is 2.13. The highest BCUT2D eigenvalue weighted by Crippen LogP contribution is 2.28. The summed E-state index contributed by atoms with van der Waals surface area (Å²) in [6, 6.07) is 10.9. The normalized spacial score (nSPS) is 12.2. The van der Waals surface area contributed by atoms with Gasteiger partial charge in [-0.2, -0.15) is 0 Å². The van der Waals surface area contributed by atoms with Gasteiger partial charge in [0, 0.05) is 28.6 Å². The molecule has 4 nitrogen and oxygen atoms in total. The Labute approximate surface area is 125 Å². The largest absolute Gasteiger partial charge is 0.388 e. The zero-order valence-corrected chi connectivity index (χ0v) is 11.8. The summed E-state index contributed by atoms with van der Waals surface area (Å²) >= 11 is 11.8. The first-order valence-corrected chi connectivity index (χ1v) is 6.59. The van der Waals surface area contributed by atoms with Gasteiger partial charge in [0.1, 0.15) is 0 Å². The molecule has 0 heterocycles. The molecule has 1 N–H and O–H groups in total. The molecule has 2 aromatic carbocycles. The Morgan fingerprint density at radius 1 is 1.15 bits per heavy atom. The second kappa shape index (κ2) is 6.22. The number of rotatable bonds is 4. The number of benzene rings is 2. The number of aliphatic hydroxyl groups is 1. The minimum atomic E-state index is -0.791. The Morgan fingerprint density at radius 3 is 2.35 bits per heavy atom. The number of halogens is 2. The number of hydrogen-bond donors (Lipinski definition) is 1. The van der Waals surface area contributed by atoms with Crippen LogP contribution in [0.1, 0.15) is 17.2 Å². The molecule has 0 radical (unpaired) electrons. The van der Waals surface area contributed by atoms with Crippen molar-refractivity contribution < 1.29 is 10.0 Å². The first-order chi connectivity index (χ1) is 9.47. The standard InChI is InChI=1S/C14H11Cl2NO3/c15-10-3-6-12(13(16)8-10)14(18)7-9-1-4-11(5-2-9)17(19)20/h1-6,8,14,18H,7H2. The maximum atomic E-state index is 10.6. The third-order valence-corrected chi connectivity index (χ3v) is 3.46. The average molecular weight is 312 g/mol. The first-order valence-electron chi connectivity index (χ1n) is 5.83. The van der Waals surface area contributed by atoms with Crippen molar-refractivity contribution in [2.75, 3.05) is 0 Å². The monoisotopic (exact) mass is 311 g/mol. The molecule has 2 aromatic rings. The van der Waals surface area contributed by atoms with Gasteiger partial charge in [0.25, 0.3) is 5.69 Å². The van der Waals surface area contributed by atoms with Crippen molar-refractivity contribution >= 4 is 28.9 Å². The summed E-state index contributed by atoms with van der Waals surface area (Å²) in [5.41, 5.74) is 1.39. The topological polar surface area (TPSA) is 63.4 Å². The number of aliphatic hydroxyl groups excluding tert-OH is 1. The Hall–Kier alpha value is -1.62. The van der Waals surface area contributed by atoms with Crippen molar-refractivity contribution in [2.24, 2.45) is 0 Å². The summed E-state index contributed by atoms with van der Waals surface area (Å²) < 4.78 is 0. The molecule has 0 aliphatic carbocycles. The second-order valence-electron chi connectivity index (χ2n) is 4.31. The molecule has 0 aromatic heterocycles. The molecule has 0 fully saturated rings. The Bertz CT molecular complexity index is 629. The first kappa shape index (κ1) is 14.8. The molecule has 2 rings (SSSR count). The summed E-state index contributed by atoms with van der Waals surface area (Å²) in [7, 11) is 0. The van der Waals surface area contributed by atoms with Crippen LogP contribution < -0.4 is 0 Å². The third-order valence-electron chi connectivity index (χ3n) is 2.90. The van der Waals surface area contributed by atoms with E-state index in [0.717, 1.165) is 5.56 Å². The second-order valence-corrected chi connectivity index (χ2v) is 5.15. The maximum absolute atomic E-state index is 10.6. The zero-order chi connectivity index (χ0) is 14.7. The smallest absolute Gasteiger partial charge is 0.269 e. The molecule has 0 amide bonds. The van der Waals surface area contributed by atoms with Crippen molar-refractivity contribution in [3.63, 3.8) is 0 Å². The summed E-state index contributed by atoms with van der Waals surface area (Å²) in [6.07, 6.45) is -0.472. The molecule has 6 heteroatoms. The number of non-ortho nitro benzene ring substituents is 1. The molecule has 0 aliphatic heterocycles. The lowest BCUT2D eigenvalue weighted by atomic mass is 10.0. The lowest BCUT2D eigenvalue weighted by molar-refractivity contribution is -0.384. The van der Waals surface area contributed by atoms with Crippen LogP contribution in [-0.4, -0.2) is 10.0 Å². The van der Waals surface area contributed by atoms with Crippen molar-refractivity contribution in [1.29, 1.82) is 0 Å². The molecule has 0 spiro atoms. The predicted molar refractivity (Wildman–Crippen MR) is 78.2 cm³/mol. The van der Waals surface area contributed by atoms with Gasteiger partial charge in [0.2, 0.25) is 0 Å². The van der Waals surface area contributed by atoms with Gasteiger partial charge in [-0.15, -0.1) is 0 Å². The summed E-state index contributed by atoms with van der Waals surface area (Å²) in [5, 5.41) is 21.6. The van der Waals surface area contributed by atoms with Gasteiger partial charge in [0.15, 0.2) is 0 Å². The minimum absolute atomic E-state index is 0.0211. The van der Waals surface area contributed by atoms with Crippen molar-refractivity contribution in [3.8, 4) is 0 Å². The van der Waals surface area contributed by atoms with Crippen LogP contribution in [0.15, 0.2) is 42.5 Å². The SMILES string of the molecule is O=[N+]([O-])c1ccc(CC(O)c2ccc(Cl)cc2Cl)cc1. The summed E-state index contributed by atoms with van der Waals surface area (Å²) in [5.74, 6) is 0. The van der Waals surface area contributed by atoms with Crippen LogP contribution >= 0.6 is 23.2 Å². The fraction of sp³-hybridized carbons (Fsp3) is 0.143.